The standard InChI is InChI=1S/C29H37N3O6/c1-19-12-13-36-29(19)18-32(16-25(29)30-27(34)37-28(2,3)4)23-11-10-21-14-22(17-35-24(21)15-23)31-38-26(33)20-8-6-5-7-9-20/h5-11,15,19,22,25,31H,12-14,16-18H2,1-4H3,(H,30,34)/t19?,22-,25?,29?/m1/s1. The lowest BCUT2D eigenvalue weighted by Crippen LogP contribution is -2.55. The first-order chi connectivity index (χ1) is 18.1. The van der Waals surface area contributed by atoms with Crippen molar-refractivity contribution in [2.75, 3.05) is 31.2 Å². The zero-order valence-electron chi connectivity index (χ0n) is 22.5. The lowest BCUT2D eigenvalue weighted by molar-refractivity contribution is -0.0238. The summed E-state index contributed by atoms with van der Waals surface area (Å²) in [4.78, 5) is 32.4. The van der Waals surface area contributed by atoms with Gasteiger partial charge in [0, 0.05) is 31.5 Å². The molecule has 9 heteroatoms. The molecule has 3 unspecified atom stereocenters. The van der Waals surface area contributed by atoms with Crippen molar-refractivity contribution in [3.63, 3.8) is 0 Å². The van der Waals surface area contributed by atoms with Crippen LogP contribution in [0, 0.1) is 5.92 Å². The monoisotopic (exact) mass is 523 g/mol. The molecule has 0 bridgehead atoms. The number of fused-ring (bicyclic) bond motifs is 1. The summed E-state index contributed by atoms with van der Waals surface area (Å²) in [5, 5.41) is 3.09. The molecule has 0 aliphatic carbocycles. The minimum absolute atomic E-state index is 0.147. The van der Waals surface area contributed by atoms with Crippen LogP contribution >= 0.6 is 0 Å². The third-order valence-electron chi connectivity index (χ3n) is 7.53. The SMILES string of the molecule is CC1CCOC12CN(c1ccc3c(c1)OC[C@H](NOC(=O)c1ccccc1)C3)CC2NC(=O)OC(C)(C)C. The highest BCUT2D eigenvalue weighted by Gasteiger charge is 2.55. The Morgan fingerprint density at radius 2 is 1.92 bits per heavy atom. The van der Waals surface area contributed by atoms with Gasteiger partial charge in [-0.1, -0.05) is 31.2 Å². The maximum atomic E-state index is 12.6. The molecule has 2 saturated heterocycles. The van der Waals surface area contributed by atoms with E-state index in [1.807, 2.05) is 32.9 Å². The Kier molecular flexibility index (Phi) is 7.24. The van der Waals surface area contributed by atoms with Crippen LogP contribution in [0.3, 0.4) is 0 Å². The second-order valence-corrected chi connectivity index (χ2v) is 11.4. The fraction of sp³-hybridized carbons (Fsp3) is 0.517. The second kappa shape index (κ2) is 10.5. The third-order valence-corrected chi connectivity index (χ3v) is 7.53. The average Bonchev–Trinajstić information content (AvgIpc) is 3.44. The summed E-state index contributed by atoms with van der Waals surface area (Å²) in [6.45, 7) is 10.1. The van der Waals surface area contributed by atoms with E-state index in [2.05, 4.69) is 34.8 Å². The summed E-state index contributed by atoms with van der Waals surface area (Å²) >= 11 is 0. The van der Waals surface area contributed by atoms with Gasteiger partial charge in [-0.05, 0) is 63.3 Å². The Hall–Kier alpha value is -3.30. The summed E-state index contributed by atoms with van der Waals surface area (Å²) < 4.78 is 17.9. The van der Waals surface area contributed by atoms with Gasteiger partial charge in [-0.3, -0.25) is 0 Å². The van der Waals surface area contributed by atoms with E-state index in [1.165, 1.54) is 0 Å². The molecule has 38 heavy (non-hydrogen) atoms. The highest BCUT2D eigenvalue weighted by atomic mass is 16.7. The highest BCUT2D eigenvalue weighted by Crippen LogP contribution is 2.42. The van der Waals surface area contributed by atoms with E-state index < -0.39 is 23.3 Å². The molecule has 1 spiro atoms. The van der Waals surface area contributed by atoms with Crippen molar-refractivity contribution in [2.45, 2.75) is 63.8 Å². The zero-order valence-corrected chi connectivity index (χ0v) is 22.5. The van der Waals surface area contributed by atoms with Crippen molar-refractivity contribution >= 4 is 17.7 Å². The topological polar surface area (TPSA) is 98.4 Å². The smallest absolute Gasteiger partial charge is 0.408 e. The molecule has 2 aromatic rings. The largest absolute Gasteiger partial charge is 0.491 e. The van der Waals surface area contributed by atoms with Crippen LogP contribution in [0.1, 0.15) is 50.0 Å². The fourth-order valence-corrected chi connectivity index (χ4v) is 5.52. The van der Waals surface area contributed by atoms with E-state index in [-0.39, 0.29) is 12.1 Å². The molecule has 9 nitrogen and oxygen atoms in total. The van der Waals surface area contributed by atoms with Crippen LogP contribution in [-0.2, 0) is 20.7 Å². The predicted octanol–water partition coefficient (Wildman–Crippen LogP) is 3.86. The molecule has 3 aliphatic heterocycles. The molecular weight excluding hydrogens is 486 g/mol. The van der Waals surface area contributed by atoms with Crippen LogP contribution < -0.4 is 20.4 Å². The van der Waals surface area contributed by atoms with Gasteiger partial charge < -0.3 is 29.3 Å². The number of benzene rings is 2. The second-order valence-electron chi connectivity index (χ2n) is 11.4. The minimum Gasteiger partial charge on any atom is -0.491 e. The van der Waals surface area contributed by atoms with Crippen LogP contribution in [0.2, 0.25) is 0 Å². The molecule has 3 heterocycles. The molecule has 4 atom stereocenters. The van der Waals surface area contributed by atoms with Crippen molar-refractivity contribution in [2.24, 2.45) is 5.92 Å². The molecule has 2 fully saturated rings. The predicted molar refractivity (Wildman–Crippen MR) is 142 cm³/mol. The van der Waals surface area contributed by atoms with E-state index in [0.717, 1.165) is 23.4 Å². The molecule has 0 saturated carbocycles. The van der Waals surface area contributed by atoms with Crippen LogP contribution in [0.15, 0.2) is 48.5 Å². The maximum Gasteiger partial charge on any atom is 0.408 e. The molecule has 0 aromatic heterocycles. The summed E-state index contributed by atoms with van der Waals surface area (Å²) in [6.07, 6.45) is 1.20. The number of anilines is 1. The number of alkyl carbamates (subject to hydrolysis) is 1. The van der Waals surface area contributed by atoms with Gasteiger partial charge in [0.2, 0.25) is 0 Å². The fourth-order valence-electron chi connectivity index (χ4n) is 5.52. The molecule has 3 aliphatic rings. The normalized spacial score (nSPS) is 26.5. The number of hydrogen-bond acceptors (Lipinski definition) is 8. The first-order valence-corrected chi connectivity index (χ1v) is 13.3. The maximum absolute atomic E-state index is 12.6. The first-order valence-electron chi connectivity index (χ1n) is 13.3. The Bertz CT molecular complexity index is 1170. The lowest BCUT2D eigenvalue weighted by atomic mass is 9.85. The molecule has 0 radical (unpaired) electrons. The van der Waals surface area contributed by atoms with Crippen molar-refractivity contribution in [3.05, 3.63) is 59.7 Å². The molecule has 5 rings (SSSR count). The van der Waals surface area contributed by atoms with Gasteiger partial charge in [0.05, 0.1) is 17.6 Å². The van der Waals surface area contributed by atoms with E-state index in [1.54, 1.807) is 24.3 Å². The number of hydroxylamine groups is 1. The summed E-state index contributed by atoms with van der Waals surface area (Å²) in [6, 6.07) is 14.7. The molecular formula is C29H37N3O6. The van der Waals surface area contributed by atoms with Gasteiger partial charge in [0.25, 0.3) is 0 Å². The van der Waals surface area contributed by atoms with E-state index >= 15 is 0 Å². The number of nitrogens with zero attached hydrogens (tertiary/aromatic N) is 1. The van der Waals surface area contributed by atoms with Gasteiger partial charge in [-0.15, -0.1) is 5.48 Å². The molecule has 1 amide bonds. The number of carbonyl (C=O) groups is 2. The van der Waals surface area contributed by atoms with E-state index in [0.29, 0.717) is 44.2 Å². The average molecular weight is 524 g/mol. The third kappa shape index (κ3) is 5.59. The van der Waals surface area contributed by atoms with Crippen LogP contribution in [0.25, 0.3) is 0 Å². The Morgan fingerprint density at radius 3 is 2.63 bits per heavy atom. The van der Waals surface area contributed by atoms with Crippen LogP contribution in [0.5, 0.6) is 5.75 Å². The van der Waals surface area contributed by atoms with Crippen molar-refractivity contribution in [3.8, 4) is 5.75 Å². The van der Waals surface area contributed by atoms with Gasteiger partial charge in [0.15, 0.2) is 0 Å². The van der Waals surface area contributed by atoms with Crippen molar-refractivity contribution in [1.29, 1.82) is 0 Å². The first kappa shape index (κ1) is 26.3. The number of nitrogens with one attached hydrogen (secondary N) is 2. The summed E-state index contributed by atoms with van der Waals surface area (Å²) in [7, 11) is 0. The molecule has 2 N–H and O–H groups in total. The van der Waals surface area contributed by atoms with Gasteiger partial charge >= 0.3 is 12.1 Å². The zero-order chi connectivity index (χ0) is 26.9. The number of ether oxygens (including phenoxy) is 3. The summed E-state index contributed by atoms with van der Waals surface area (Å²) in [5.74, 6) is 0.687. The molecule has 2 aromatic carbocycles. The number of rotatable bonds is 5. The lowest BCUT2D eigenvalue weighted by Gasteiger charge is -2.34. The van der Waals surface area contributed by atoms with Crippen molar-refractivity contribution in [1.82, 2.24) is 10.8 Å². The van der Waals surface area contributed by atoms with Gasteiger partial charge in [-0.25, -0.2) is 9.59 Å². The summed E-state index contributed by atoms with van der Waals surface area (Å²) in [5.41, 5.74) is 4.36. The Labute approximate surface area is 223 Å². The number of carbonyl (C=O) groups excluding carboxylic acids is 2. The Balaban J connectivity index is 1.24. The van der Waals surface area contributed by atoms with Crippen molar-refractivity contribution < 1.29 is 28.6 Å². The minimum atomic E-state index is -0.569. The van der Waals surface area contributed by atoms with Crippen LogP contribution in [-0.4, -0.2) is 61.7 Å². The van der Waals surface area contributed by atoms with Gasteiger partial charge in [-0.2, -0.15) is 0 Å². The Morgan fingerprint density at radius 1 is 1.13 bits per heavy atom. The van der Waals surface area contributed by atoms with Crippen LogP contribution in [0.4, 0.5) is 10.5 Å². The molecule has 204 valence electrons. The number of hydrogen-bond donors (Lipinski definition) is 2. The number of amides is 1. The highest BCUT2D eigenvalue weighted by molar-refractivity contribution is 5.89. The van der Waals surface area contributed by atoms with E-state index in [9.17, 15) is 9.59 Å². The van der Waals surface area contributed by atoms with E-state index in [4.69, 9.17) is 19.0 Å². The van der Waals surface area contributed by atoms with Gasteiger partial charge in [0.1, 0.15) is 23.6 Å². The quantitative estimate of drug-likeness (QED) is 0.571.